The second-order valence-corrected chi connectivity index (χ2v) is 9.07. The third-order valence-electron chi connectivity index (χ3n) is 4.13. The highest BCUT2D eigenvalue weighted by Crippen LogP contribution is 2.36. The molecule has 1 N–H and O–H groups in total. The standard InChI is InChI=1S/C16H20N4O7S2/c1-4-7-27-15-17-20(16(23)19(15)10-5-6-10)14(22)18-29(24,25)12-9(2)28-8-11(12)13(21)26-3/h8,10H,4-7H2,1-3H3,(H,18,22). The Bertz CT molecular complexity index is 1110. The first-order chi connectivity index (χ1) is 13.7. The van der Waals surface area contributed by atoms with Crippen molar-refractivity contribution in [1.29, 1.82) is 0 Å². The number of esters is 1. The Morgan fingerprint density at radius 2 is 2.07 bits per heavy atom. The topological polar surface area (TPSA) is 139 Å². The third kappa shape index (κ3) is 4.05. The van der Waals surface area contributed by atoms with Crippen LogP contribution >= 0.6 is 11.3 Å². The lowest BCUT2D eigenvalue weighted by Crippen LogP contribution is -2.41. The molecule has 1 aliphatic rings. The van der Waals surface area contributed by atoms with Gasteiger partial charge in [-0.05, 0) is 26.2 Å². The van der Waals surface area contributed by atoms with Gasteiger partial charge in [0.15, 0.2) is 0 Å². The van der Waals surface area contributed by atoms with E-state index in [2.05, 4.69) is 9.84 Å². The van der Waals surface area contributed by atoms with Gasteiger partial charge in [0, 0.05) is 16.3 Å². The van der Waals surface area contributed by atoms with Crippen LogP contribution in [0.1, 0.15) is 47.5 Å². The van der Waals surface area contributed by atoms with E-state index in [9.17, 15) is 22.8 Å². The van der Waals surface area contributed by atoms with Gasteiger partial charge in [0.05, 0.1) is 19.3 Å². The summed E-state index contributed by atoms with van der Waals surface area (Å²) in [5.74, 6) is -0.854. The Labute approximate surface area is 170 Å². The third-order valence-corrected chi connectivity index (χ3v) is 6.68. The molecular formula is C16H20N4O7S2. The van der Waals surface area contributed by atoms with E-state index in [-0.39, 0.29) is 27.4 Å². The average molecular weight is 444 g/mol. The number of carbonyl (C=O) groups is 2. The maximum absolute atomic E-state index is 12.7. The highest BCUT2D eigenvalue weighted by molar-refractivity contribution is 7.90. The van der Waals surface area contributed by atoms with Gasteiger partial charge >= 0.3 is 23.7 Å². The lowest BCUT2D eigenvalue weighted by molar-refractivity contribution is 0.0597. The van der Waals surface area contributed by atoms with Crippen LogP contribution in [0.2, 0.25) is 0 Å². The molecule has 1 aliphatic carbocycles. The van der Waals surface area contributed by atoms with Crippen LogP contribution in [0.15, 0.2) is 15.1 Å². The van der Waals surface area contributed by atoms with Gasteiger partial charge in [0.25, 0.3) is 10.0 Å². The quantitative estimate of drug-likeness (QED) is 0.630. The highest BCUT2D eigenvalue weighted by Gasteiger charge is 2.34. The zero-order valence-corrected chi connectivity index (χ0v) is 17.6. The number of aryl methyl sites for hydroxylation is 1. The number of nitrogens with zero attached hydrogens (tertiary/aromatic N) is 3. The molecule has 1 fully saturated rings. The highest BCUT2D eigenvalue weighted by atomic mass is 32.2. The zero-order valence-electron chi connectivity index (χ0n) is 16.0. The van der Waals surface area contributed by atoms with Crippen LogP contribution in [-0.2, 0) is 14.8 Å². The lowest BCUT2D eigenvalue weighted by Gasteiger charge is -2.07. The second kappa shape index (κ2) is 7.99. The molecule has 0 radical (unpaired) electrons. The van der Waals surface area contributed by atoms with Crippen LogP contribution in [0.3, 0.4) is 0 Å². The Kier molecular flexibility index (Phi) is 5.80. The lowest BCUT2D eigenvalue weighted by atomic mass is 10.3. The predicted molar refractivity (Wildman–Crippen MR) is 102 cm³/mol. The van der Waals surface area contributed by atoms with E-state index >= 15 is 0 Å². The summed E-state index contributed by atoms with van der Waals surface area (Å²) in [6.07, 6.45) is 2.15. The smallest absolute Gasteiger partial charge is 0.360 e. The first kappa shape index (κ1) is 21.0. The van der Waals surface area contributed by atoms with E-state index in [1.54, 1.807) is 4.72 Å². The summed E-state index contributed by atoms with van der Waals surface area (Å²) in [7, 11) is -3.35. The fourth-order valence-electron chi connectivity index (χ4n) is 2.67. The number of carbonyl (C=O) groups excluding carboxylic acids is 2. The molecule has 29 heavy (non-hydrogen) atoms. The summed E-state index contributed by atoms with van der Waals surface area (Å²) in [6, 6.07) is -1.43. The van der Waals surface area contributed by atoms with Crippen molar-refractivity contribution in [1.82, 2.24) is 19.1 Å². The summed E-state index contributed by atoms with van der Waals surface area (Å²) in [5.41, 5.74) is -0.986. The molecule has 0 aliphatic heterocycles. The summed E-state index contributed by atoms with van der Waals surface area (Å²) in [6.45, 7) is 3.65. The Balaban J connectivity index is 1.94. The number of amides is 1. The number of thiophene rings is 1. The van der Waals surface area contributed by atoms with E-state index < -0.39 is 27.7 Å². The maximum atomic E-state index is 12.7. The van der Waals surface area contributed by atoms with Crippen LogP contribution in [0, 0.1) is 6.92 Å². The van der Waals surface area contributed by atoms with Crippen molar-refractivity contribution in [3.05, 3.63) is 26.3 Å². The van der Waals surface area contributed by atoms with Crippen molar-refractivity contribution in [3.8, 4) is 6.01 Å². The number of rotatable bonds is 7. The monoisotopic (exact) mass is 444 g/mol. The summed E-state index contributed by atoms with van der Waals surface area (Å²) < 4.78 is 39.0. The van der Waals surface area contributed by atoms with Crippen LogP contribution in [0.25, 0.3) is 0 Å². The Morgan fingerprint density at radius 3 is 2.66 bits per heavy atom. The number of nitrogens with one attached hydrogen (secondary N) is 1. The second-order valence-electron chi connectivity index (χ2n) is 6.36. The molecule has 11 nitrogen and oxygen atoms in total. The van der Waals surface area contributed by atoms with Gasteiger partial charge in [-0.2, -0.15) is 0 Å². The van der Waals surface area contributed by atoms with Crippen molar-refractivity contribution in [2.75, 3.05) is 13.7 Å². The molecule has 1 amide bonds. The molecule has 2 heterocycles. The van der Waals surface area contributed by atoms with E-state index in [0.717, 1.165) is 31.3 Å². The fourth-order valence-corrected chi connectivity index (χ4v) is 5.17. The number of hydrogen-bond donors (Lipinski definition) is 1. The van der Waals surface area contributed by atoms with Gasteiger partial charge in [0.1, 0.15) is 4.90 Å². The molecule has 0 bridgehead atoms. The van der Waals surface area contributed by atoms with Gasteiger partial charge in [-0.3, -0.25) is 0 Å². The molecule has 2 aromatic heterocycles. The van der Waals surface area contributed by atoms with Gasteiger partial charge in [-0.1, -0.05) is 6.92 Å². The van der Waals surface area contributed by atoms with E-state index in [1.165, 1.54) is 16.9 Å². The van der Waals surface area contributed by atoms with E-state index in [0.29, 0.717) is 17.7 Å². The molecule has 0 atom stereocenters. The van der Waals surface area contributed by atoms with Crippen LogP contribution in [0.4, 0.5) is 4.79 Å². The predicted octanol–water partition coefficient (Wildman–Crippen LogP) is 1.27. The van der Waals surface area contributed by atoms with Crippen molar-refractivity contribution < 1.29 is 27.5 Å². The minimum absolute atomic E-state index is 0.0335. The molecule has 0 aromatic carbocycles. The number of hydrogen-bond acceptors (Lipinski definition) is 9. The first-order valence-electron chi connectivity index (χ1n) is 8.79. The van der Waals surface area contributed by atoms with Crippen molar-refractivity contribution in [2.45, 2.75) is 44.0 Å². The number of methoxy groups -OCH3 is 1. The largest absolute Gasteiger partial charge is 0.465 e. The van der Waals surface area contributed by atoms with Crippen LogP contribution in [-0.4, -0.2) is 48.5 Å². The van der Waals surface area contributed by atoms with Crippen molar-refractivity contribution >= 4 is 33.4 Å². The Morgan fingerprint density at radius 1 is 1.38 bits per heavy atom. The summed E-state index contributed by atoms with van der Waals surface area (Å²) in [5, 5.41) is 5.17. The molecule has 2 aromatic rings. The molecule has 3 rings (SSSR count). The van der Waals surface area contributed by atoms with Gasteiger partial charge in [-0.25, -0.2) is 32.1 Å². The minimum Gasteiger partial charge on any atom is -0.465 e. The molecule has 0 spiro atoms. The SMILES string of the molecule is CCCOc1nn(C(=O)NS(=O)(=O)c2c(C(=O)OC)csc2C)c(=O)n1C1CC1. The fraction of sp³-hybridized carbons (Fsp3) is 0.500. The Hall–Kier alpha value is -2.67. The zero-order chi connectivity index (χ0) is 21.3. The van der Waals surface area contributed by atoms with Crippen molar-refractivity contribution in [3.63, 3.8) is 0 Å². The number of aromatic nitrogens is 3. The molecule has 158 valence electrons. The van der Waals surface area contributed by atoms with Crippen molar-refractivity contribution in [2.24, 2.45) is 0 Å². The van der Waals surface area contributed by atoms with Gasteiger partial charge in [0.2, 0.25) is 0 Å². The van der Waals surface area contributed by atoms with Crippen LogP contribution < -0.4 is 15.1 Å². The van der Waals surface area contributed by atoms with E-state index in [4.69, 9.17) is 4.74 Å². The maximum Gasteiger partial charge on any atom is 0.360 e. The minimum atomic E-state index is -4.46. The molecule has 0 unspecified atom stereocenters. The summed E-state index contributed by atoms with van der Waals surface area (Å²) in [4.78, 5) is 36.9. The molecular weight excluding hydrogens is 424 g/mol. The average Bonchev–Trinajstić information content (AvgIpc) is 3.33. The van der Waals surface area contributed by atoms with Gasteiger partial charge in [-0.15, -0.1) is 21.1 Å². The van der Waals surface area contributed by atoms with E-state index in [1.807, 2.05) is 6.92 Å². The molecule has 0 saturated heterocycles. The van der Waals surface area contributed by atoms with Gasteiger partial charge < -0.3 is 9.47 Å². The number of sulfonamides is 1. The normalized spacial score (nSPS) is 13.9. The summed E-state index contributed by atoms with van der Waals surface area (Å²) >= 11 is 1.02. The number of ether oxygens (including phenoxy) is 2. The van der Waals surface area contributed by atoms with Crippen LogP contribution in [0.5, 0.6) is 6.01 Å². The first-order valence-corrected chi connectivity index (χ1v) is 11.2. The molecule has 13 heteroatoms. The molecule has 1 saturated carbocycles.